The number of hydrogen-bond acceptors (Lipinski definition) is 2. The second-order valence-electron chi connectivity index (χ2n) is 4.44. The normalized spacial score (nSPS) is 29.2. The van der Waals surface area contributed by atoms with Crippen LogP contribution in [0.15, 0.2) is 12.2 Å². The van der Waals surface area contributed by atoms with E-state index in [0.29, 0.717) is 11.8 Å². The van der Waals surface area contributed by atoms with Crippen LogP contribution in [0, 0.1) is 42.9 Å². The molecule has 0 aromatic rings. The van der Waals surface area contributed by atoms with Crippen molar-refractivity contribution >= 4 is 5.97 Å². The minimum Gasteiger partial charge on any atom is -0.471 e. The first-order valence-corrected chi connectivity index (χ1v) is 6.28. The van der Waals surface area contributed by atoms with Crippen LogP contribution in [0.3, 0.4) is 0 Å². The zero-order chi connectivity index (χ0) is 12.9. The van der Waals surface area contributed by atoms with Crippen molar-refractivity contribution in [1.82, 2.24) is 0 Å². The number of esters is 1. The van der Waals surface area contributed by atoms with E-state index in [0.717, 1.165) is 6.42 Å². The average Bonchev–Trinajstić information content (AvgIpc) is 2.40. The molecule has 3 atom stereocenters. The Morgan fingerprint density at radius 2 is 1.70 bits per heavy atom. The van der Waals surface area contributed by atoms with Gasteiger partial charge in [0.2, 0.25) is 0 Å². The van der Waals surface area contributed by atoms with Gasteiger partial charge in [0.25, 0.3) is 5.97 Å². The summed E-state index contributed by atoms with van der Waals surface area (Å²) in [7, 11) is 1.45. The molecule has 3 unspecified atom stereocenters. The largest absolute Gasteiger partial charge is 2.00 e. The maximum absolute atomic E-state index is 11.6. The Morgan fingerprint density at radius 1 is 1.20 bits per heavy atom. The fourth-order valence-corrected chi connectivity index (χ4v) is 2.30. The minimum atomic E-state index is -0.453. The zero-order valence-corrected chi connectivity index (χ0v) is 21.2. The Labute approximate surface area is 167 Å². The van der Waals surface area contributed by atoms with E-state index in [-0.39, 0.29) is 69.2 Å². The second kappa shape index (κ2) is 12.5. The molecule has 112 valence electrons. The van der Waals surface area contributed by atoms with Gasteiger partial charge in [-0.05, 0) is 0 Å². The summed E-state index contributed by atoms with van der Waals surface area (Å²) in [5.74, 6) is 0.653. The van der Waals surface area contributed by atoms with Crippen molar-refractivity contribution in [1.29, 1.82) is 0 Å². The van der Waals surface area contributed by atoms with Gasteiger partial charge in [0.1, 0.15) is 0 Å². The molecular weight excluding hydrogens is 764 g/mol. The Hall–Kier alpha value is 1.01. The summed E-state index contributed by atoms with van der Waals surface area (Å²) in [6.07, 6.45) is 13.5. The molecule has 0 radical (unpaired) electrons. The standard InChI is InChI=1S/C13H16O2.C2H6.3W/c1-13(12(14)15-2)8-7-10-5-3-4-6-11(10)9-13;1-2;;;/h3-7,9-11H,8H2,1-2H3;1-2H3;;;/q-4;;;2*+2. The summed E-state index contributed by atoms with van der Waals surface area (Å²) in [6, 6.07) is 0. The molecule has 0 N–H and O–H groups in total. The summed E-state index contributed by atoms with van der Waals surface area (Å²) in [6.45, 7) is 5.94. The van der Waals surface area contributed by atoms with Crippen LogP contribution in [0.1, 0.15) is 27.2 Å². The van der Waals surface area contributed by atoms with Crippen LogP contribution in [0.2, 0.25) is 0 Å². The predicted octanol–water partition coefficient (Wildman–Crippen LogP) is 3.21. The fourth-order valence-electron chi connectivity index (χ4n) is 2.30. The fraction of sp³-hybridized carbons (Fsp3) is 0.533. The van der Waals surface area contributed by atoms with Crippen LogP contribution in [-0.4, -0.2) is 13.1 Å². The maximum atomic E-state index is 11.6. The predicted molar refractivity (Wildman–Crippen MR) is 69.4 cm³/mol. The van der Waals surface area contributed by atoms with Crippen molar-refractivity contribution in [2.75, 3.05) is 7.11 Å². The summed E-state index contributed by atoms with van der Waals surface area (Å²) < 4.78 is 4.84. The molecule has 2 nitrogen and oxygen atoms in total. The topological polar surface area (TPSA) is 26.3 Å². The van der Waals surface area contributed by atoms with Crippen LogP contribution in [-0.2, 0) is 72.7 Å². The molecule has 0 heterocycles. The number of methoxy groups -OCH3 is 1. The molecule has 2 rings (SSSR count). The Balaban J connectivity index is -0.000000553. The van der Waals surface area contributed by atoms with E-state index >= 15 is 0 Å². The third-order valence-corrected chi connectivity index (χ3v) is 3.25. The molecule has 5 heteroatoms. The summed E-state index contributed by atoms with van der Waals surface area (Å²) in [4.78, 5) is 11.6. The summed E-state index contributed by atoms with van der Waals surface area (Å²) >= 11 is 0. The molecule has 2 aliphatic rings. The van der Waals surface area contributed by atoms with Crippen LogP contribution >= 0.6 is 0 Å². The molecule has 0 aliphatic heterocycles. The van der Waals surface area contributed by atoms with Gasteiger partial charge in [0.15, 0.2) is 0 Å². The number of fused-ring (bicyclic) bond motifs is 1. The average molecular weight is 786 g/mol. The molecule has 1 saturated carbocycles. The van der Waals surface area contributed by atoms with Crippen molar-refractivity contribution < 1.29 is 72.7 Å². The van der Waals surface area contributed by atoms with Crippen LogP contribution < -0.4 is 0 Å². The SMILES string of the molecule is CC.COC(=O)C1(C)[CH-]C2[CH-]C=C[CH-]C2[CH-]C1.[W+2].[W+2].[W]. The van der Waals surface area contributed by atoms with Gasteiger partial charge in [-0.15, -0.1) is 0 Å². The van der Waals surface area contributed by atoms with Gasteiger partial charge < -0.3 is 42.6 Å². The zero-order valence-electron chi connectivity index (χ0n) is 12.4. The summed E-state index contributed by atoms with van der Waals surface area (Å²) in [5.41, 5.74) is -0.453. The van der Waals surface area contributed by atoms with Crippen molar-refractivity contribution in [3.63, 3.8) is 0 Å². The van der Waals surface area contributed by atoms with Crippen molar-refractivity contribution in [2.24, 2.45) is 17.3 Å². The number of carbonyl (C=O) groups excluding carboxylic acids is 1. The van der Waals surface area contributed by atoms with E-state index in [1.807, 2.05) is 26.8 Å². The number of ether oxygens (including phenoxy) is 1. The molecule has 0 bridgehead atoms. The van der Waals surface area contributed by atoms with Crippen molar-refractivity contribution in [2.45, 2.75) is 27.2 Å². The Kier molecular flexibility index (Phi) is 16.3. The summed E-state index contributed by atoms with van der Waals surface area (Å²) in [5, 5.41) is 0. The first-order chi connectivity index (χ1) is 8.15. The van der Waals surface area contributed by atoms with E-state index in [2.05, 4.69) is 31.8 Å². The van der Waals surface area contributed by atoms with E-state index in [1.54, 1.807) is 0 Å². The third-order valence-electron chi connectivity index (χ3n) is 3.25. The van der Waals surface area contributed by atoms with E-state index in [1.165, 1.54) is 7.11 Å². The first kappa shape index (κ1) is 25.9. The smallest absolute Gasteiger partial charge is 0.471 e. The van der Waals surface area contributed by atoms with Gasteiger partial charge in [-0.25, -0.2) is 0 Å². The Bertz CT molecular complexity index is 295. The molecule has 0 aromatic heterocycles. The number of hydrogen-bond donors (Lipinski definition) is 0. The van der Waals surface area contributed by atoms with Gasteiger partial charge in [0, 0.05) is 21.1 Å². The maximum Gasteiger partial charge on any atom is 2.00 e. The second-order valence-corrected chi connectivity index (χ2v) is 4.44. The molecular formula is C15H22O2W3. The third kappa shape index (κ3) is 6.42. The molecule has 0 amide bonds. The monoisotopic (exact) mass is 786 g/mol. The molecule has 20 heavy (non-hydrogen) atoms. The van der Waals surface area contributed by atoms with Gasteiger partial charge in [-0.3, -0.25) is 16.6 Å². The Morgan fingerprint density at radius 3 is 2.20 bits per heavy atom. The van der Waals surface area contributed by atoms with Gasteiger partial charge in [0.05, 0.1) is 7.11 Å². The quantitative estimate of drug-likeness (QED) is 0.302. The van der Waals surface area contributed by atoms with Gasteiger partial charge in [-0.1, -0.05) is 26.2 Å². The van der Waals surface area contributed by atoms with E-state index in [4.69, 9.17) is 4.74 Å². The van der Waals surface area contributed by atoms with Crippen LogP contribution in [0.4, 0.5) is 0 Å². The molecule has 1 fully saturated rings. The van der Waals surface area contributed by atoms with Crippen molar-refractivity contribution in [3.8, 4) is 0 Å². The van der Waals surface area contributed by atoms with Crippen molar-refractivity contribution in [3.05, 3.63) is 37.8 Å². The molecule has 0 spiro atoms. The minimum absolute atomic E-state index is 0. The number of allylic oxidation sites excluding steroid dienone is 2. The molecule has 2 aliphatic carbocycles. The van der Waals surface area contributed by atoms with Gasteiger partial charge in [-0.2, -0.15) is 6.42 Å². The molecule has 0 saturated heterocycles. The molecule has 0 aromatic carbocycles. The van der Waals surface area contributed by atoms with Gasteiger partial charge >= 0.3 is 42.1 Å². The van der Waals surface area contributed by atoms with Crippen LogP contribution in [0.5, 0.6) is 0 Å². The van der Waals surface area contributed by atoms with E-state index in [9.17, 15) is 4.79 Å². The first-order valence-electron chi connectivity index (χ1n) is 6.28. The number of rotatable bonds is 1. The van der Waals surface area contributed by atoms with Crippen LogP contribution in [0.25, 0.3) is 0 Å². The van der Waals surface area contributed by atoms with E-state index < -0.39 is 5.41 Å². The number of carbonyl (C=O) groups is 1.